The summed E-state index contributed by atoms with van der Waals surface area (Å²) in [6.07, 6.45) is 2.63. The third-order valence-corrected chi connectivity index (χ3v) is 8.04. The molecule has 0 saturated carbocycles. The SMILES string of the molecule is O=S(=O)(O)c1ccccc1C=Cc1cccc(Nc2nc(Nc3ccccc3)nc(N3CCOCC3)n2)c1S(=O)(=O)O. The van der Waals surface area contributed by atoms with Gasteiger partial charge in [0.1, 0.15) is 9.79 Å². The molecule has 5 rings (SSSR count). The van der Waals surface area contributed by atoms with Crippen LogP contribution in [0.4, 0.5) is 29.2 Å². The summed E-state index contributed by atoms with van der Waals surface area (Å²) >= 11 is 0. The second-order valence-electron chi connectivity index (χ2n) is 9.04. The van der Waals surface area contributed by atoms with Crippen molar-refractivity contribution in [1.82, 2.24) is 15.0 Å². The van der Waals surface area contributed by atoms with Gasteiger partial charge in [-0.25, -0.2) is 0 Å². The maximum Gasteiger partial charge on any atom is 0.297 e. The minimum absolute atomic E-state index is 0.00710. The molecule has 1 fully saturated rings. The van der Waals surface area contributed by atoms with E-state index >= 15 is 0 Å². The van der Waals surface area contributed by atoms with Gasteiger partial charge in [-0.2, -0.15) is 31.8 Å². The molecular weight excluding hydrogens is 584 g/mol. The van der Waals surface area contributed by atoms with Crippen molar-refractivity contribution in [3.8, 4) is 0 Å². The monoisotopic (exact) mass is 610 g/mol. The molecule has 0 bridgehead atoms. The normalized spacial score (nSPS) is 14.2. The van der Waals surface area contributed by atoms with Crippen LogP contribution in [0.3, 0.4) is 0 Å². The average molecular weight is 611 g/mol. The summed E-state index contributed by atoms with van der Waals surface area (Å²) in [7, 11) is -9.35. The quantitative estimate of drug-likeness (QED) is 0.158. The van der Waals surface area contributed by atoms with E-state index in [2.05, 4.69) is 25.6 Å². The van der Waals surface area contributed by atoms with Crippen molar-refractivity contribution in [1.29, 1.82) is 0 Å². The van der Waals surface area contributed by atoms with Crippen LogP contribution in [0.2, 0.25) is 0 Å². The Kier molecular flexibility index (Phi) is 8.46. The molecule has 0 radical (unpaired) electrons. The van der Waals surface area contributed by atoms with Crippen molar-refractivity contribution in [2.75, 3.05) is 41.8 Å². The Bertz CT molecular complexity index is 1830. The highest BCUT2D eigenvalue weighted by atomic mass is 32.2. The molecule has 0 spiro atoms. The van der Waals surface area contributed by atoms with Gasteiger partial charge in [0.05, 0.1) is 18.9 Å². The number of rotatable bonds is 9. The Hall–Kier alpha value is -4.41. The highest BCUT2D eigenvalue weighted by molar-refractivity contribution is 7.86. The van der Waals surface area contributed by atoms with Crippen LogP contribution >= 0.6 is 0 Å². The van der Waals surface area contributed by atoms with Crippen LogP contribution in [0.5, 0.6) is 0 Å². The third kappa shape index (κ3) is 7.07. The molecule has 0 unspecified atom stereocenters. The molecule has 42 heavy (non-hydrogen) atoms. The number of benzene rings is 3. The minimum atomic E-state index is -4.81. The van der Waals surface area contributed by atoms with Crippen molar-refractivity contribution in [3.05, 3.63) is 83.9 Å². The van der Waals surface area contributed by atoms with E-state index in [1.165, 1.54) is 42.5 Å². The van der Waals surface area contributed by atoms with Crippen molar-refractivity contribution >= 4 is 61.6 Å². The van der Waals surface area contributed by atoms with Crippen LogP contribution in [0.1, 0.15) is 11.1 Å². The summed E-state index contributed by atoms with van der Waals surface area (Å²) in [4.78, 5) is 14.5. The van der Waals surface area contributed by atoms with Gasteiger partial charge in [-0.05, 0) is 35.4 Å². The van der Waals surface area contributed by atoms with Gasteiger partial charge in [0.2, 0.25) is 17.8 Å². The molecule has 1 aliphatic rings. The molecule has 0 aliphatic carbocycles. The fourth-order valence-electron chi connectivity index (χ4n) is 4.26. The number of nitrogens with zero attached hydrogens (tertiary/aromatic N) is 4. The molecule has 4 aromatic rings. The van der Waals surface area contributed by atoms with Crippen LogP contribution < -0.4 is 15.5 Å². The zero-order chi connectivity index (χ0) is 29.7. The molecule has 2 heterocycles. The second kappa shape index (κ2) is 12.2. The molecule has 3 aromatic carbocycles. The largest absolute Gasteiger partial charge is 0.378 e. The number of para-hydroxylation sites is 1. The van der Waals surface area contributed by atoms with Gasteiger partial charge in [0.25, 0.3) is 20.2 Å². The number of hydrogen-bond acceptors (Lipinski definition) is 11. The van der Waals surface area contributed by atoms with Gasteiger partial charge in [-0.3, -0.25) is 9.11 Å². The maximum atomic E-state index is 12.6. The van der Waals surface area contributed by atoms with Crippen LogP contribution in [-0.4, -0.2) is 67.2 Å². The van der Waals surface area contributed by atoms with Gasteiger partial charge < -0.3 is 20.3 Å². The Balaban J connectivity index is 1.55. The summed E-state index contributed by atoms with van der Waals surface area (Å²) < 4.78 is 73.9. The molecule has 1 saturated heterocycles. The number of aromatic nitrogens is 3. The molecular formula is C27H26N6O7S2. The lowest BCUT2D eigenvalue weighted by Crippen LogP contribution is -2.37. The summed E-state index contributed by atoms with van der Waals surface area (Å²) in [5.41, 5.74) is 0.840. The first kappa shape index (κ1) is 29.1. The average Bonchev–Trinajstić information content (AvgIpc) is 2.96. The third-order valence-electron chi connectivity index (χ3n) is 6.14. The molecule has 1 aromatic heterocycles. The van der Waals surface area contributed by atoms with Gasteiger partial charge >= 0.3 is 0 Å². The van der Waals surface area contributed by atoms with Crippen molar-refractivity contribution in [3.63, 3.8) is 0 Å². The van der Waals surface area contributed by atoms with Crippen LogP contribution in [0.15, 0.2) is 82.6 Å². The summed E-state index contributed by atoms with van der Waals surface area (Å²) in [6, 6.07) is 19.3. The molecule has 15 heteroatoms. The van der Waals surface area contributed by atoms with E-state index < -0.39 is 25.1 Å². The van der Waals surface area contributed by atoms with Crippen molar-refractivity contribution < 1.29 is 30.7 Å². The lowest BCUT2D eigenvalue weighted by Gasteiger charge is -2.27. The highest BCUT2D eigenvalue weighted by Gasteiger charge is 2.22. The number of ether oxygens (including phenoxy) is 1. The first-order chi connectivity index (χ1) is 20.1. The molecule has 13 nitrogen and oxygen atoms in total. The lowest BCUT2D eigenvalue weighted by molar-refractivity contribution is 0.122. The van der Waals surface area contributed by atoms with Gasteiger partial charge in [0.15, 0.2) is 0 Å². The zero-order valence-electron chi connectivity index (χ0n) is 22.0. The molecule has 4 N–H and O–H groups in total. The number of nitrogens with one attached hydrogen (secondary N) is 2. The van der Waals surface area contributed by atoms with E-state index in [1.807, 2.05) is 35.2 Å². The Labute approximate surface area is 242 Å². The maximum absolute atomic E-state index is 12.6. The fraction of sp³-hybridized carbons (Fsp3) is 0.148. The van der Waals surface area contributed by atoms with E-state index in [0.717, 1.165) is 5.69 Å². The first-order valence-electron chi connectivity index (χ1n) is 12.6. The fourth-order valence-corrected chi connectivity index (χ4v) is 5.77. The van der Waals surface area contributed by atoms with Crippen LogP contribution in [0.25, 0.3) is 12.2 Å². The topological polar surface area (TPSA) is 184 Å². The second-order valence-corrected chi connectivity index (χ2v) is 11.8. The number of hydrogen-bond donors (Lipinski definition) is 4. The smallest absolute Gasteiger partial charge is 0.297 e. The standard InChI is InChI=1S/C27H26N6O7S2/c34-41(35,36)23-12-5-4-7-19(23)13-14-20-8-6-11-22(24(20)42(37,38)39)29-26-30-25(28-21-9-2-1-3-10-21)31-27(32-26)33-15-17-40-18-16-33/h1-14H,15-18H2,(H,34,35,36)(H,37,38,39)(H2,28,29,30,31,32). The molecule has 0 amide bonds. The van der Waals surface area contributed by atoms with Crippen molar-refractivity contribution in [2.24, 2.45) is 0 Å². The Morgan fingerprint density at radius 2 is 1.33 bits per heavy atom. The van der Waals surface area contributed by atoms with E-state index in [9.17, 15) is 25.9 Å². The predicted molar refractivity (Wildman–Crippen MR) is 157 cm³/mol. The van der Waals surface area contributed by atoms with E-state index in [4.69, 9.17) is 4.74 Å². The zero-order valence-corrected chi connectivity index (χ0v) is 23.6. The Morgan fingerprint density at radius 1 is 0.714 bits per heavy atom. The summed E-state index contributed by atoms with van der Waals surface area (Å²) in [5.74, 6) is 0.541. The van der Waals surface area contributed by atoms with E-state index in [-0.39, 0.29) is 33.6 Å². The first-order valence-corrected chi connectivity index (χ1v) is 15.5. The van der Waals surface area contributed by atoms with Crippen molar-refractivity contribution in [2.45, 2.75) is 9.79 Å². The lowest BCUT2D eigenvalue weighted by atomic mass is 10.1. The van der Waals surface area contributed by atoms with E-state index in [1.54, 1.807) is 12.1 Å². The van der Waals surface area contributed by atoms with Gasteiger partial charge in [-0.1, -0.05) is 60.7 Å². The predicted octanol–water partition coefficient (Wildman–Crippen LogP) is 3.86. The number of anilines is 5. The highest BCUT2D eigenvalue weighted by Crippen LogP contribution is 2.30. The van der Waals surface area contributed by atoms with Gasteiger partial charge in [0, 0.05) is 18.8 Å². The molecule has 218 valence electrons. The van der Waals surface area contributed by atoms with Crippen LogP contribution in [0, 0.1) is 0 Å². The molecule has 1 aliphatic heterocycles. The van der Waals surface area contributed by atoms with E-state index in [0.29, 0.717) is 32.3 Å². The number of morpholine rings is 1. The van der Waals surface area contributed by atoms with Gasteiger partial charge in [-0.15, -0.1) is 0 Å². The Morgan fingerprint density at radius 3 is 2.02 bits per heavy atom. The molecule has 0 atom stereocenters. The van der Waals surface area contributed by atoms with Crippen LogP contribution in [-0.2, 0) is 25.0 Å². The summed E-state index contributed by atoms with van der Waals surface area (Å²) in [5, 5.41) is 6.00. The summed E-state index contributed by atoms with van der Waals surface area (Å²) in [6.45, 7) is 2.04. The minimum Gasteiger partial charge on any atom is -0.378 e.